The Morgan fingerprint density at radius 2 is 1.38 bits per heavy atom. The highest BCUT2D eigenvalue weighted by molar-refractivity contribution is 5.93. The molecule has 2 aliphatic heterocycles. The lowest BCUT2D eigenvalue weighted by Gasteiger charge is -2.47. The number of fused-ring (bicyclic) bond motifs is 3. The molecule has 0 unspecified atom stereocenters. The van der Waals surface area contributed by atoms with Gasteiger partial charge in [-0.25, -0.2) is 0 Å². The second-order valence-electron chi connectivity index (χ2n) is 11.0. The van der Waals surface area contributed by atoms with E-state index in [0.717, 1.165) is 52.9 Å². The summed E-state index contributed by atoms with van der Waals surface area (Å²) in [6.45, 7) is 6.12. The van der Waals surface area contributed by atoms with E-state index >= 15 is 0 Å². The van der Waals surface area contributed by atoms with Crippen LogP contribution in [0.1, 0.15) is 19.4 Å². The fraction of sp³-hybridized carbons (Fsp3) is 0.212. The number of rotatable bonds is 4. The third kappa shape index (κ3) is 3.91. The third-order valence-electron chi connectivity index (χ3n) is 8.26. The van der Waals surface area contributed by atoms with E-state index < -0.39 is 0 Å². The molecule has 0 bridgehead atoms. The Kier molecular flexibility index (Phi) is 5.35. The summed E-state index contributed by atoms with van der Waals surface area (Å²) in [6, 6.07) is 31.7. The van der Waals surface area contributed by atoms with Crippen LogP contribution in [0.5, 0.6) is 11.5 Å². The van der Waals surface area contributed by atoms with Crippen LogP contribution in [0.15, 0.2) is 102 Å². The van der Waals surface area contributed by atoms with E-state index in [-0.39, 0.29) is 5.54 Å². The monoisotopic (exact) mass is 516 g/mol. The van der Waals surface area contributed by atoms with Gasteiger partial charge in [0.15, 0.2) is 0 Å². The second kappa shape index (κ2) is 8.82. The zero-order valence-electron chi connectivity index (χ0n) is 22.8. The molecule has 1 aromatic heterocycles. The summed E-state index contributed by atoms with van der Waals surface area (Å²) in [5.74, 6) is 1.61. The highest BCUT2D eigenvalue weighted by atomic mass is 16.5. The maximum Gasteiger partial charge on any atom is 0.136 e. The number of furan rings is 1. The number of benzene rings is 4. The van der Waals surface area contributed by atoms with E-state index in [1.807, 2.05) is 18.2 Å². The Balaban J connectivity index is 1.18. The average Bonchev–Trinajstić information content (AvgIpc) is 3.54. The van der Waals surface area contributed by atoms with Gasteiger partial charge >= 0.3 is 0 Å². The highest BCUT2D eigenvalue weighted by Gasteiger charge is 2.35. The Bertz CT molecular complexity index is 1690. The average molecular weight is 517 g/mol. The molecule has 0 spiro atoms. The molecule has 0 fully saturated rings. The highest BCUT2D eigenvalue weighted by Crippen LogP contribution is 2.45. The van der Waals surface area contributed by atoms with Crippen molar-refractivity contribution in [2.24, 2.45) is 0 Å². The normalized spacial score (nSPS) is 16.5. The molecule has 4 aromatic carbocycles. The molecule has 6 heteroatoms. The molecule has 7 rings (SSSR count). The first kappa shape index (κ1) is 23.7. The quantitative estimate of drug-likeness (QED) is 0.240. The summed E-state index contributed by atoms with van der Waals surface area (Å²) in [5, 5.41) is 1.12. The zero-order chi connectivity index (χ0) is 26.7. The summed E-state index contributed by atoms with van der Waals surface area (Å²) in [4.78, 5) is 9.29. The summed E-state index contributed by atoms with van der Waals surface area (Å²) >= 11 is 0. The minimum atomic E-state index is -0.0351. The van der Waals surface area contributed by atoms with Gasteiger partial charge in [0.2, 0.25) is 0 Å². The van der Waals surface area contributed by atoms with Crippen molar-refractivity contribution in [1.29, 1.82) is 0 Å². The molecule has 3 heterocycles. The van der Waals surface area contributed by atoms with Crippen LogP contribution in [0.25, 0.3) is 11.0 Å². The van der Waals surface area contributed by atoms with Crippen LogP contribution < -0.4 is 19.4 Å². The first-order valence-corrected chi connectivity index (χ1v) is 13.3. The van der Waals surface area contributed by atoms with E-state index in [2.05, 4.69) is 120 Å². The Morgan fingerprint density at radius 3 is 2.13 bits per heavy atom. The molecule has 0 amide bonds. The van der Waals surface area contributed by atoms with E-state index in [1.165, 1.54) is 16.9 Å². The smallest absolute Gasteiger partial charge is 0.136 e. The molecule has 5 aromatic rings. The van der Waals surface area contributed by atoms with Gasteiger partial charge in [0.1, 0.15) is 17.1 Å². The van der Waals surface area contributed by atoms with Crippen molar-refractivity contribution in [3.8, 4) is 11.5 Å². The first-order chi connectivity index (χ1) is 18.9. The minimum Gasteiger partial charge on any atom is -0.464 e. The minimum absolute atomic E-state index is 0.0351. The van der Waals surface area contributed by atoms with Gasteiger partial charge in [-0.15, -0.1) is 0 Å². The molecule has 0 saturated heterocycles. The second-order valence-corrected chi connectivity index (χ2v) is 11.0. The Labute approximate surface area is 229 Å². The van der Waals surface area contributed by atoms with Crippen LogP contribution in [0, 0.1) is 0 Å². The summed E-state index contributed by atoms with van der Waals surface area (Å²) < 4.78 is 12.1. The van der Waals surface area contributed by atoms with Gasteiger partial charge in [-0.2, -0.15) is 0 Å². The molecule has 196 valence electrons. The van der Waals surface area contributed by atoms with Crippen molar-refractivity contribution in [2.75, 3.05) is 42.1 Å². The molecule has 2 aliphatic rings. The van der Waals surface area contributed by atoms with E-state index in [0.29, 0.717) is 0 Å². The standard InChI is InChI=1S/C33H32N4O2/c1-33(2)28-13-5-6-14-29(28)37(22-35(33)4)25-10-8-12-27(19-25)39-26-11-7-9-24(18-26)36-21-34(3)30-17-23-15-16-38-32(23)20-31(30)36/h5-20H,21-22H2,1-4H3. The third-order valence-corrected chi connectivity index (χ3v) is 8.26. The predicted molar refractivity (Wildman–Crippen MR) is 159 cm³/mol. The van der Waals surface area contributed by atoms with Gasteiger partial charge in [0.05, 0.1) is 31.0 Å². The molecule has 0 saturated carbocycles. The lowest BCUT2D eigenvalue weighted by molar-refractivity contribution is 0.150. The van der Waals surface area contributed by atoms with Crippen molar-refractivity contribution in [1.82, 2.24) is 4.90 Å². The fourth-order valence-electron chi connectivity index (χ4n) is 5.78. The van der Waals surface area contributed by atoms with Crippen LogP contribution in [0.4, 0.5) is 28.4 Å². The van der Waals surface area contributed by atoms with Crippen LogP contribution in [-0.2, 0) is 5.54 Å². The number of anilines is 5. The van der Waals surface area contributed by atoms with E-state index in [4.69, 9.17) is 9.15 Å². The number of para-hydroxylation sites is 1. The van der Waals surface area contributed by atoms with Crippen LogP contribution >= 0.6 is 0 Å². The van der Waals surface area contributed by atoms with Crippen molar-refractivity contribution < 1.29 is 9.15 Å². The van der Waals surface area contributed by atoms with Crippen LogP contribution in [0.3, 0.4) is 0 Å². The molecule has 0 aliphatic carbocycles. The van der Waals surface area contributed by atoms with Crippen molar-refractivity contribution in [2.45, 2.75) is 19.4 Å². The van der Waals surface area contributed by atoms with Gasteiger partial charge in [0.25, 0.3) is 0 Å². The van der Waals surface area contributed by atoms with Gasteiger partial charge < -0.3 is 23.9 Å². The SMILES string of the molecule is CN1CN(c2cccc(Oc3cccc(N4CN(C)C(C)(C)c5ccccc54)c3)c2)c2cc3occc3cc21. The summed E-state index contributed by atoms with van der Waals surface area (Å²) in [6.07, 6.45) is 1.74. The van der Waals surface area contributed by atoms with Crippen LogP contribution in [0.2, 0.25) is 0 Å². The molecule has 0 N–H and O–H groups in total. The largest absolute Gasteiger partial charge is 0.464 e. The van der Waals surface area contributed by atoms with E-state index in [1.54, 1.807) is 6.26 Å². The van der Waals surface area contributed by atoms with Gasteiger partial charge in [-0.1, -0.05) is 30.3 Å². The van der Waals surface area contributed by atoms with Crippen molar-refractivity contribution >= 4 is 39.4 Å². The van der Waals surface area contributed by atoms with Gasteiger partial charge in [0, 0.05) is 53.2 Å². The summed E-state index contributed by atoms with van der Waals surface area (Å²) in [7, 11) is 4.30. The lowest BCUT2D eigenvalue weighted by Crippen LogP contribution is -2.49. The molecule has 39 heavy (non-hydrogen) atoms. The Morgan fingerprint density at radius 1 is 0.692 bits per heavy atom. The molecule has 0 radical (unpaired) electrons. The topological polar surface area (TPSA) is 35.3 Å². The molecule has 6 nitrogen and oxygen atoms in total. The lowest BCUT2D eigenvalue weighted by atomic mass is 9.88. The van der Waals surface area contributed by atoms with Gasteiger partial charge in [-0.3, -0.25) is 4.90 Å². The zero-order valence-corrected chi connectivity index (χ0v) is 22.8. The maximum absolute atomic E-state index is 6.44. The first-order valence-electron chi connectivity index (χ1n) is 13.3. The van der Waals surface area contributed by atoms with Crippen LogP contribution in [-0.4, -0.2) is 32.3 Å². The number of ether oxygens (including phenoxy) is 1. The van der Waals surface area contributed by atoms with Crippen molar-refractivity contribution in [3.05, 3.63) is 103 Å². The Hall–Kier alpha value is -4.42. The van der Waals surface area contributed by atoms with Crippen molar-refractivity contribution in [3.63, 3.8) is 0 Å². The van der Waals surface area contributed by atoms with E-state index in [9.17, 15) is 0 Å². The fourth-order valence-corrected chi connectivity index (χ4v) is 5.78. The summed E-state index contributed by atoms with van der Waals surface area (Å²) in [5.41, 5.74) is 7.93. The number of hydrogen-bond donors (Lipinski definition) is 0. The maximum atomic E-state index is 6.44. The molecular formula is C33H32N4O2. The molecule has 0 atom stereocenters. The molecular weight excluding hydrogens is 484 g/mol. The number of hydrogen-bond acceptors (Lipinski definition) is 6. The van der Waals surface area contributed by atoms with Gasteiger partial charge in [-0.05, 0) is 68.9 Å². The predicted octanol–water partition coefficient (Wildman–Crippen LogP) is 8.05. The number of nitrogens with zero attached hydrogens (tertiary/aromatic N) is 4.